The first-order valence-corrected chi connectivity index (χ1v) is 6.83. The lowest BCUT2D eigenvalue weighted by atomic mass is 10.1. The lowest BCUT2D eigenvalue weighted by Gasteiger charge is -2.05. The van der Waals surface area contributed by atoms with Gasteiger partial charge in [-0.3, -0.25) is 0 Å². The maximum absolute atomic E-state index is 9.04. The summed E-state index contributed by atoms with van der Waals surface area (Å²) in [7, 11) is 2.04. The van der Waals surface area contributed by atoms with Crippen LogP contribution in [-0.2, 0) is 13.5 Å². The van der Waals surface area contributed by atoms with Crippen LogP contribution in [0.2, 0.25) is 0 Å². The van der Waals surface area contributed by atoms with Gasteiger partial charge < -0.3 is 9.67 Å². The Hall–Kier alpha value is -2.13. The number of hydrogen-bond donors (Lipinski definition) is 1. The topological polar surface area (TPSA) is 38.1 Å². The SMILES string of the molecule is Cc1ccccc1-c1nc2cc(CCO)ccc2n1C. The first kappa shape index (κ1) is 12.9. The van der Waals surface area contributed by atoms with Crippen LogP contribution in [0.15, 0.2) is 42.5 Å². The number of nitrogens with zero attached hydrogens (tertiary/aromatic N) is 2. The molecule has 0 radical (unpaired) electrons. The summed E-state index contributed by atoms with van der Waals surface area (Å²) in [6.45, 7) is 2.27. The molecule has 0 aliphatic carbocycles. The zero-order valence-corrected chi connectivity index (χ0v) is 11.8. The summed E-state index contributed by atoms with van der Waals surface area (Å²) in [5.41, 5.74) is 5.60. The summed E-state index contributed by atoms with van der Waals surface area (Å²) in [6.07, 6.45) is 0.673. The van der Waals surface area contributed by atoms with Gasteiger partial charge in [-0.1, -0.05) is 30.3 Å². The average molecular weight is 266 g/mol. The van der Waals surface area contributed by atoms with Crippen LogP contribution in [0.25, 0.3) is 22.4 Å². The molecule has 3 aromatic rings. The molecule has 3 nitrogen and oxygen atoms in total. The zero-order valence-electron chi connectivity index (χ0n) is 11.8. The van der Waals surface area contributed by atoms with E-state index < -0.39 is 0 Å². The van der Waals surface area contributed by atoms with Gasteiger partial charge >= 0.3 is 0 Å². The molecule has 1 N–H and O–H groups in total. The van der Waals surface area contributed by atoms with Crippen LogP contribution < -0.4 is 0 Å². The minimum atomic E-state index is 0.170. The normalized spacial score (nSPS) is 11.2. The van der Waals surface area contributed by atoms with Crippen LogP contribution >= 0.6 is 0 Å². The number of aromatic nitrogens is 2. The minimum absolute atomic E-state index is 0.170. The highest BCUT2D eigenvalue weighted by atomic mass is 16.2. The number of fused-ring (bicyclic) bond motifs is 1. The Morgan fingerprint density at radius 1 is 1.15 bits per heavy atom. The van der Waals surface area contributed by atoms with E-state index in [0.29, 0.717) is 6.42 Å². The Balaban J connectivity index is 2.18. The van der Waals surface area contributed by atoms with E-state index in [-0.39, 0.29) is 6.61 Å². The van der Waals surface area contributed by atoms with Crippen LogP contribution in [0, 0.1) is 6.92 Å². The summed E-state index contributed by atoms with van der Waals surface area (Å²) in [5, 5.41) is 9.04. The van der Waals surface area contributed by atoms with Crippen molar-refractivity contribution in [1.29, 1.82) is 0 Å². The Labute approximate surface area is 118 Å². The summed E-state index contributed by atoms with van der Waals surface area (Å²) in [4.78, 5) is 4.77. The number of aryl methyl sites for hydroxylation is 2. The van der Waals surface area contributed by atoms with E-state index >= 15 is 0 Å². The molecule has 0 fully saturated rings. The summed E-state index contributed by atoms with van der Waals surface area (Å²) < 4.78 is 2.13. The second kappa shape index (κ2) is 5.10. The Morgan fingerprint density at radius 2 is 1.95 bits per heavy atom. The van der Waals surface area contributed by atoms with Crippen molar-refractivity contribution in [3.63, 3.8) is 0 Å². The molecule has 0 bridgehead atoms. The third-order valence-electron chi connectivity index (χ3n) is 3.73. The van der Waals surface area contributed by atoms with Crippen molar-refractivity contribution in [2.75, 3.05) is 6.61 Å². The van der Waals surface area contributed by atoms with Crippen LogP contribution in [0.1, 0.15) is 11.1 Å². The zero-order chi connectivity index (χ0) is 14.1. The molecule has 0 unspecified atom stereocenters. The summed E-state index contributed by atoms with van der Waals surface area (Å²) >= 11 is 0. The molecule has 0 saturated heterocycles. The molecule has 1 heterocycles. The molecule has 0 amide bonds. The number of benzene rings is 2. The van der Waals surface area contributed by atoms with Gasteiger partial charge in [0.2, 0.25) is 0 Å². The number of aliphatic hydroxyl groups excluding tert-OH is 1. The van der Waals surface area contributed by atoms with Crippen molar-refractivity contribution < 1.29 is 5.11 Å². The molecule has 0 aliphatic heterocycles. The fraction of sp³-hybridized carbons (Fsp3) is 0.235. The Bertz CT molecular complexity index is 759. The van der Waals surface area contributed by atoms with Gasteiger partial charge in [0.05, 0.1) is 11.0 Å². The summed E-state index contributed by atoms with van der Waals surface area (Å²) in [5.74, 6) is 0.985. The van der Waals surface area contributed by atoms with E-state index in [4.69, 9.17) is 10.1 Å². The van der Waals surface area contributed by atoms with Gasteiger partial charge in [0.1, 0.15) is 5.82 Å². The monoisotopic (exact) mass is 266 g/mol. The Kier molecular flexibility index (Phi) is 3.28. The lowest BCUT2D eigenvalue weighted by molar-refractivity contribution is 0.299. The maximum atomic E-state index is 9.04. The van der Waals surface area contributed by atoms with Crippen molar-refractivity contribution in [3.05, 3.63) is 53.6 Å². The lowest BCUT2D eigenvalue weighted by Crippen LogP contribution is -1.94. The highest BCUT2D eigenvalue weighted by Gasteiger charge is 2.11. The van der Waals surface area contributed by atoms with E-state index in [1.165, 1.54) is 5.56 Å². The maximum Gasteiger partial charge on any atom is 0.141 e. The predicted octanol–water partition coefficient (Wildman–Crippen LogP) is 3.08. The molecule has 1 aromatic heterocycles. The summed E-state index contributed by atoms with van der Waals surface area (Å²) in [6, 6.07) is 14.5. The molecular formula is C17H18N2O. The van der Waals surface area contributed by atoms with Gasteiger partial charge in [0, 0.05) is 19.2 Å². The average Bonchev–Trinajstić information content (AvgIpc) is 2.77. The second-order valence-corrected chi connectivity index (χ2v) is 5.11. The van der Waals surface area contributed by atoms with Crippen LogP contribution in [-0.4, -0.2) is 21.3 Å². The quantitative estimate of drug-likeness (QED) is 0.791. The number of aliphatic hydroxyl groups is 1. The minimum Gasteiger partial charge on any atom is -0.396 e. The van der Waals surface area contributed by atoms with E-state index in [2.05, 4.69) is 41.8 Å². The number of rotatable bonds is 3. The molecule has 0 atom stereocenters. The fourth-order valence-corrected chi connectivity index (χ4v) is 2.59. The second-order valence-electron chi connectivity index (χ2n) is 5.11. The van der Waals surface area contributed by atoms with Gasteiger partial charge in [-0.05, 0) is 36.6 Å². The third kappa shape index (κ3) is 2.10. The largest absolute Gasteiger partial charge is 0.396 e. The van der Waals surface area contributed by atoms with Crippen LogP contribution in [0.5, 0.6) is 0 Å². The predicted molar refractivity (Wildman–Crippen MR) is 81.7 cm³/mol. The van der Waals surface area contributed by atoms with Crippen molar-refractivity contribution in [2.45, 2.75) is 13.3 Å². The van der Waals surface area contributed by atoms with Gasteiger partial charge in [-0.25, -0.2) is 4.98 Å². The van der Waals surface area contributed by atoms with Crippen molar-refractivity contribution in [1.82, 2.24) is 9.55 Å². The molecule has 3 heteroatoms. The fourth-order valence-electron chi connectivity index (χ4n) is 2.59. The number of hydrogen-bond acceptors (Lipinski definition) is 2. The smallest absolute Gasteiger partial charge is 0.141 e. The highest BCUT2D eigenvalue weighted by molar-refractivity contribution is 5.81. The van der Waals surface area contributed by atoms with Gasteiger partial charge in [0.25, 0.3) is 0 Å². The van der Waals surface area contributed by atoms with Gasteiger partial charge in [-0.2, -0.15) is 0 Å². The van der Waals surface area contributed by atoms with Crippen molar-refractivity contribution >= 4 is 11.0 Å². The van der Waals surface area contributed by atoms with Crippen LogP contribution in [0.4, 0.5) is 0 Å². The number of imidazole rings is 1. The molecule has 20 heavy (non-hydrogen) atoms. The first-order valence-electron chi connectivity index (χ1n) is 6.83. The molecule has 0 saturated carbocycles. The van der Waals surface area contributed by atoms with Crippen molar-refractivity contribution in [3.8, 4) is 11.4 Å². The van der Waals surface area contributed by atoms with Gasteiger partial charge in [0.15, 0.2) is 0 Å². The molecule has 3 rings (SSSR count). The molecule has 0 aliphatic rings. The standard InChI is InChI=1S/C17H18N2O/c1-12-5-3-4-6-14(12)17-18-15-11-13(9-10-20)7-8-16(15)19(17)2/h3-8,11,20H,9-10H2,1-2H3. The van der Waals surface area contributed by atoms with E-state index in [1.54, 1.807) is 0 Å². The van der Waals surface area contributed by atoms with Crippen molar-refractivity contribution in [2.24, 2.45) is 7.05 Å². The Morgan fingerprint density at radius 3 is 2.70 bits per heavy atom. The molecule has 2 aromatic carbocycles. The van der Waals surface area contributed by atoms with E-state index in [1.807, 2.05) is 19.2 Å². The van der Waals surface area contributed by atoms with E-state index in [9.17, 15) is 0 Å². The molecular weight excluding hydrogens is 248 g/mol. The molecule has 102 valence electrons. The highest BCUT2D eigenvalue weighted by Crippen LogP contribution is 2.26. The van der Waals surface area contributed by atoms with Gasteiger partial charge in [-0.15, -0.1) is 0 Å². The first-order chi connectivity index (χ1) is 9.70. The van der Waals surface area contributed by atoms with E-state index in [0.717, 1.165) is 28.0 Å². The third-order valence-corrected chi connectivity index (χ3v) is 3.73. The molecule has 0 spiro atoms. The van der Waals surface area contributed by atoms with Crippen LogP contribution in [0.3, 0.4) is 0 Å².